The molecule has 1 aromatic carbocycles. The Labute approximate surface area is 130 Å². The number of hydrogen-bond acceptors (Lipinski definition) is 2. The molecular formula is C19H32O2. The number of unbranched alkanes of at least 4 members (excludes halogenated alkanes) is 3. The maximum Gasteiger partial charge on any atom is 0.0843 e. The van der Waals surface area contributed by atoms with Gasteiger partial charge in [-0.15, -0.1) is 0 Å². The Hall–Kier alpha value is -0.860. The Morgan fingerprint density at radius 3 is 2.10 bits per heavy atom. The van der Waals surface area contributed by atoms with Crippen molar-refractivity contribution in [2.24, 2.45) is 11.3 Å². The maximum absolute atomic E-state index is 10.7. The molecule has 2 heteroatoms. The summed E-state index contributed by atoms with van der Waals surface area (Å²) in [6.07, 6.45) is 4.43. The smallest absolute Gasteiger partial charge is 0.0843 e. The number of aliphatic hydroxyl groups is 2. The molecule has 2 N–H and O–H groups in total. The standard InChI is InChI=1S/C19H32O2/c1-5-6-7-11-14-16(18(21)19(2,3)4)17(20)15-12-9-8-10-13-15/h8-10,12-13,16-18,20-21H,5-7,11,14H2,1-4H3/t16-,17+,18-/m1/s1. The van der Waals surface area contributed by atoms with Crippen molar-refractivity contribution in [3.05, 3.63) is 35.9 Å². The van der Waals surface area contributed by atoms with Crippen molar-refractivity contribution in [1.29, 1.82) is 0 Å². The van der Waals surface area contributed by atoms with Crippen LogP contribution >= 0.6 is 0 Å². The van der Waals surface area contributed by atoms with Gasteiger partial charge in [-0.2, -0.15) is 0 Å². The van der Waals surface area contributed by atoms with Crippen LogP contribution < -0.4 is 0 Å². The molecule has 1 aromatic rings. The Bertz CT molecular complexity index is 380. The lowest BCUT2D eigenvalue weighted by Crippen LogP contribution is -2.37. The van der Waals surface area contributed by atoms with E-state index in [1.165, 1.54) is 19.3 Å². The van der Waals surface area contributed by atoms with Crippen LogP contribution in [0.5, 0.6) is 0 Å². The minimum absolute atomic E-state index is 0.107. The summed E-state index contributed by atoms with van der Waals surface area (Å²) >= 11 is 0. The lowest BCUT2D eigenvalue weighted by atomic mass is 9.75. The van der Waals surface area contributed by atoms with E-state index >= 15 is 0 Å². The molecule has 1 rings (SSSR count). The highest BCUT2D eigenvalue weighted by atomic mass is 16.3. The lowest BCUT2D eigenvalue weighted by molar-refractivity contribution is -0.0492. The van der Waals surface area contributed by atoms with E-state index in [1.54, 1.807) is 0 Å². The maximum atomic E-state index is 10.7. The minimum atomic E-state index is -0.595. The van der Waals surface area contributed by atoms with Crippen molar-refractivity contribution in [2.75, 3.05) is 0 Å². The zero-order chi connectivity index (χ0) is 15.9. The predicted molar refractivity (Wildman–Crippen MR) is 89.1 cm³/mol. The quantitative estimate of drug-likeness (QED) is 0.681. The van der Waals surface area contributed by atoms with Crippen molar-refractivity contribution >= 4 is 0 Å². The molecule has 0 bridgehead atoms. The SMILES string of the molecule is CCCCCC[C@@H]([C@@H](O)C(C)(C)C)[C@@H](O)c1ccccc1. The summed E-state index contributed by atoms with van der Waals surface area (Å²) < 4.78 is 0. The molecule has 0 aromatic heterocycles. The highest BCUT2D eigenvalue weighted by molar-refractivity contribution is 5.18. The van der Waals surface area contributed by atoms with Gasteiger partial charge in [0.05, 0.1) is 12.2 Å². The van der Waals surface area contributed by atoms with Crippen LogP contribution in [0.4, 0.5) is 0 Å². The predicted octanol–water partition coefficient (Wildman–Crippen LogP) is 4.71. The minimum Gasteiger partial charge on any atom is -0.392 e. The van der Waals surface area contributed by atoms with E-state index in [1.807, 2.05) is 51.1 Å². The highest BCUT2D eigenvalue weighted by Crippen LogP contribution is 2.36. The van der Waals surface area contributed by atoms with Crippen molar-refractivity contribution in [1.82, 2.24) is 0 Å². The molecule has 0 aliphatic heterocycles. The lowest BCUT2D eigenvalue weighted by Gasteiger charge is -2.36. The monoisotopic (exact) mass is 292 g/mol. The van der Waals surface area contributed by atoms with Crippen LogP contribution in [-0.4, -0.2) is 16.3 Å². The molecule has 0 aliphatic carbocycles. The van der Waals surface area contributed by atoms with Crippen LogP contribution in [0.25, 0.3) is 0 Å². The summed E-state index contributed by atoms with van der Waals surface area (Å²) in [7, 11) is 0. The van der Waals surface area contributed by atoms with Crippen molar-refractivity contribution in [3.63, 3.8) is 0 Å². The topological polar surface area (TPSA) is 40.5 Å². The molecule has 2 nitrogen and oxygen atoms in total. The molecule has 0 saturated heterocycles. The molecule has 120 valence electrons. The normalized spacial score (nSPS) is 16.5. The first-order valence-electron chi connectivity index (χ1n) is 8.29. The molecule has 0 amide bonds. The second-order valence-corrected chi connectivity index (χ2v) is 7.18. The summed E-state index contributed by atoms with van der Waals surface area (Å²) in [6, 6.07) is 9.72. The summed E-state index contributed by atoms with van der Waals surface area (Å²) in [5, 5.41) is 21.4. The van der Waals surface area contributed by atoms with Gasteiger partial charge in [0.1, 0.15) is 0 Å². The van der Waals surface area contributed by atoms with Crippen LogP contribution in [0.1, 0.15) is 71.5 Å². The van der Waals surface area contributed by atoms with Gasteiger partial charge in [-0.3, -0.25) is 0 Å². The zero-order valence-corrected chi connectivity index (χ0v) is 14.0. The summed E-state index contributed by atoms with van der Waals surface area (Å²) in [5.74, 6) is -0.107. The zero-order valence-electron chi connectivity index (χ0n) is 14.0. The van der Waals surface area contributed by atoms with Gasteiger partial charge < -0.3 is 10.2 Å². The largest absolute Gasteiger partial charge is 0.392 e. The first kappa shape index (κ1) is 18.2. The van der Waals surface area contributed by atoms with E-state index in [0.29, 0.717) is 0 Å². The van der Waals surface area contributed by atoms with E-state index in [9.17, 15) is 10.2 Å². The second-order valence-electron chi connectivity index (χ2n) is 7.18. The number of aliphatic hydroxyl groups excluding tert-OH is 2. The number of benzene rings is 1. The summed E-state index contributed by atoms with van der Waals surface area (Å²) in [6.45, 7) is 8.30. The van der Waals surface area contributed by atoms with Gasteiger partial charge in [-0.05, 0) is 17.4 Å². The fourth-order valence-corrected chi connectivity index (χ4v) is 2.83. The first-order chi connectivity index (χ1) is 9.88. The molecule has 21 heavy (non-hydrogen) atoms. The molecule has 0 fully saturated rings. The van der Waals surface area contributed by atoms with E-state index in [0.717, 1.165) is 18.4 Å². The molecular weight excluding hydrogens is 260 g/mol. The fraction of sp³-hybridized carbons (Fsp3) is 0.684. The Morgan fingerprint density at radius 2 is 1.57 bits per heavy atom. The van der Waals surface area contributed by atoms with Crippen molar-refractivity contribution in [3.8, 4) is 0 Å². The Morgan fingerprint density at radius 1 is 0.952 bits per heavy atom. The fourth-order valence-electron chi connectivity index (χ4n) is 2.83. The van der Waals surface area contributed by atoms with Gasteiger partial charge in [0.25, 0.3) is 0 Å². The van der Waals surface area contributed by atoms with Gasteiger partial charge in [0.15, 0.2) is 0 Å². The number of hydrogen-bond donors (Lipinski definition) is 2. The molecule has 0 spiro atoms. The highest BCUT2D eigenvalue weighted by Gasteiger charge is 2.35. The van der Waals surface area contributed by atoms with Crippen LogP contribution in [0.15, 0.2) is 30.3 Å². The molecule has 0 radical (unpaired) electrons. The van der Waals surface area contributed by atoms with Gasteiger partial charge >= 0.3 is 0 Å². The van der Waals surface area contributed by atoms with Crippen molar-refractivity contribution in [2.45, 2.75) is 72.0 Å². The van der Waals surface area contributed by atoms with E-state index < -0.39 is 12.2 Å². The van der Waals surface area contributed by atoms with Gasteiger partial charge in [0, 0.05) is 5.92 Å². The molecule has 0 heterocycles. The van der Waals surface area contributed by atoms with E-state index in [-0.39, 0.29) is 11.3 Å². The van der Waals surface area contributed by atoms with Crippen molar-refractivity contribution < 1.29 is 10.2 Å². The van der Waals surface area contributed by atoms with Crippen LogP contribution in [0, 0.1) is 11.3 Å². The molecule has 0 saturated carbocycles. The number of rotatable bonds is 8. The molecule has 3 atom stereocenters. The average Bonchev–Trinajstić information content (AvgIpc) is 2.46. The first-order valence-corrected chi connectivity index (χ1v) is 8.29. The molecule has 0 unspecified atom stereocenters. The van der Waals surface area contributed by atoms with Crippen LogP contribution in [-0.2, 0) is 0 Å². The second kappa shape index (κ2) is 8.55. The van der Waals surface area contributed by atoms with Gasteiger partial charge in [0.2, 0.25) is 0 Å². The van der Waals surface area contributed by atoms with E-state index in [2.05, 4.69) is 6.92 Å². The summed E-state index contributed by atoms with van der Waals surface area (Å²) in [5.41, 5.74) is 0.687. The van der Waals surface area contributed by atoms with Gasteiger partial charge in [-0.1, -0.05) is 83.7 Å². The van der Waals surface area contributed by atoms with E-state index in [4.69, 9.17) is 0 Å². The Balaban J connectivity index is 2.80. The molecule has 0 aliphatic rings. The summed E-state index contributed by atoms with van der Waals surface area (Å²) in [4.78, 5) is 0. The average molecular weight is 292 g/mol. The van der Waals surface area contributed by atoms with Gasteiger partial charge in [-0.25, -0.2) is 0 Å². The Kier molecular flexibility index (Phi) is 7.41. The van der Waals surface area contributed by atoms with Crippen LogP contribution in [0.3, 0.4) is 0 Å². The third-order valence-electron chi connectivity index (χ3n) is 4.23. The third-order valence-corrected chi connectivity index (χ3v) is 4.23. The third kappa shape index (κ3) is 5.80. The van der Waals surface area contributed by atoms with Crippen LogP contribution in [0.2, 0.25) is 0 Å².